The molecule has 0 saturated carbocycles. The predicted molar refractivity (Wildman–Crippen MR) is 75.9 cm³/mol. The van der Waals surface area contributed by atoms with Crippen LogP contribution in [0.25, 0.3) is 0 Å². The van der Waals surface area contributed by atoms with Crippen LogP contribution in [-0.2, 0) is 19.7 Å². The number of carbonyl (C=O) groups excluding carboxylic acids is 2. The van der Waals surface area contributed by atoms with Crippen molar-refractivity contribution in [2.45, 2.75) is 64.2 Å². The van der Waals surface area contributed by atoms with E-state index in [9.17, 15) is 18.0 Å². The van der Waals surface area contributed by atoms with Crippen molar-refractivity contribution in [3.05, 3.63) is 0 Å². The Morgan fingerprint density at radius 2 is 1.32 bits per heavy atom. The average Bonchev–Trinajstić information content (AvgIpc) is 2.30. The maximum atomic E-state index is 10.8. The minimum atomic E-state index is -4.48. The number of unbranched alkanes of at least 4 members (excludes halogenated alkanes) is 8. The van der Waals surface area contributed by atoms with Crippen molar-refractivity contribution < 1.29 is 22.6 Å². The third-order valence-electron chi connectivity index (χ3n) is 2.74. The normalized spacial score (nSPS) is 10.8. The van der Waals surface area contributed by atoms with Gasteiger partial charge in [-0.3, -0.25) is 9.35 Å². The van der Waals surface area contributed by atoms with Crippen molar-refractivity contribution in [3.8, 4) is 0 Å². The monoisotopic (exact) mass is 302 g/mol. The van der Waals surface area contributed by atoms with E-state index in [-0.39, 0.29) is 36.0 Å². The summed E-state index contributed by atoms with van der Waals surface area (Å²) in [4.78, 5) is 20.9. The van der Waals surface area contributed by atoms with Crippen LogP contribution in [0.1, 0.15) is 64.2 Å². The second-order valence-corrected chi connectivity index (χ2v) is 5.79. The molecule has 0 atom stereocenters. The molecular weight excluding hydrogens is 279 g/mol. The summed E-state index contributed by atoms with van der Waals surface area (Å²) < 4.78 is 29.2. The van der Waals surface area contributed by atoms with E-state index in [2.05, 4.69) is 0 Å². The first-order chi connectivity index (χ1) is 8.48. The van der Waals surface area contributed by atoms with Gasteiger partial charge in [0, 0.05) is 12.8 Å². The fourth-order valence-corrected chi connectivity index (χ4v) is 2.09. The van der Waals surface area contributed by atoms with Crippen LogP contribution in [0.15, 0.2) is 0 Å². The van der Waals surface area contributed by atoms with E-state index >= 15 is 0 Å². The molecule has 0 radical (unpaired) electrons. The first-order valence-corrected chi connectivity index (χ1v) is 7.86. The van der Waals surface area contributed by atoms with Crippen molar-refractivity contribution in [2.24, 2.45) is 0 Å². The molecule has 1 N–H and O–H groups in total. The molecule has 19 heavy (non-hydrogen) atoms. The molecule has 0 spiro atoms. The van der Waals surface area contributed by atoms with E-state index in [1.54, 1.807) is 0 Å². The van der Waals surface area contributed by atoms with E-state index in [1.165, 1.54) is 0 Å². The molecule has 0 aliphatic carbocycles. The van der Waals surface area contributed by atoms with Crippen LogP contribution in [0.3, 0.4) is 0 Å². The summed E-state index contributed by atoms with van der Waals surface area (Å²) in [7, 11) is -4.48. The van der Waals surface area contributed by atoms with Crippen molar-refractivity contribution in [1.29, 1.82) is 0 Å². The molecule has 0 bridgehead atoms. The van der Waals surface area contributed by atoms with E-state index in [1.807, 2.05) is 0 Å². The summed E-state index contributed by atoms with van der Waals surface area (Å²) in [6, 6.07) is 0. The fraction of sp³-hybridized carbons (Fsp3) is 0.833. The van der Waals surface area contributed by atoms with E-state index < -0.39 is 15.2 Å². The van der Waals surface area contributed by atoms with Crippen molar-refractivity contribution in [1.82, 2.24) is 0 Å². The molecule has 0 aliphatic heterocycles. The van der Waals surface area contributed by atoms with Gasteiger partial charge in [-0.2, -0.15) is 8.42 Å². The van der Waals surface area contributed by atoms with Gasteiger partial charge in [-0.25, -0.2) is 0 Å². The van der Waals surface area contributed by atoms with Crippen molar-refractivity contribution in [3.63, 3.8) is 0 Å². The van der Waals surface area contributed by atoms with Gasteiger partial charge in [0.2, 0.25) is 0 Å². The van der Waals surface area contributed by atoms with Crippen LogP contribution in [0.4, 0.5) is 0 Å². The Bertz CT molecular complexity index is 340. The van der Waals surface area contributed by atoms with Gasteiger partial charge in [-0.05, 0) is 12.8 Å². The Hall–Kier alpha value is 0.250. The fourth-order valence-electron chi connectivity index (χ4n) is 1.69. The SMILES string of the molecule is O=CCCCCCCCCCCC(=O)S(=O)(=O)O.[NaH]. The van der Waals surface area contributed by atoms with Crippen LogP contribution < -0.4 is 0 Å². The predicted octanol–water partition coefficient (Wildman–Crippen LogP) is 1.85. The Balaban J connectivity index is 0. The first kappa shape index (κ1) is 21.5. The number of carbonyl (C=O) groups is 2. The zero-order chi connectivity index (χ0) is 13.9. The van der Waals surface area contributed by atoms with Crippen molar-refractivity contribution in [2.75, 3.05) is 0 Å². The third kappa shape index (κ3) is 14.5. The molecule has 0 fully saturated rings. The van der Waals surface area contributed by atoms with Gasteiger partial charge in [-0.1, -0.05) is 38.5 Å². The summed E-state index contributed by atoms with van der Waals surface area (Å²) in [5, 5.41) is -1.09. The van der Waals surface area contributed by atoms with Gasteiger partial charge in [0.1, 0.15) is 6.29 Å². The molecule has 7 heteroatoms. The molecule has 0 aliphatic rings. The summed E-state index contributed by atoms with van der Waals surface area (Å²) >= 11 is 0. The molecule has 0 aromatic heterocycles. The zero-order valence-corrected chi connectivity index (χ0v) is 11.5. The average molecular weight is 302 g/mol. The number of rotatable bonds is 11. The summed E-state index contributed by atoms with van der Waals surface area (Å²) in [5.41, 5.74) is 0. The van der Waals surface area contributed by atoms with Crippen LogP contribution in [0.2, 0.25) is 0 Å². The number of aldehydes is 1. The molecular formula is C12H23NaO5S. The van der Waals surface area contributed by atoms with Gasteiger partial charge in [0.25, 0.3) is 5.12 Å². The number of hydrogen-bond acceptors (Lipinski definition) is 4. The van der Waals surface area contributed by atoms with Crippen LogP contribution >= 0.6 is 0 Å². The molecule has 0 saturated heterocycles. The van der Waals surface area contributed by atoms with Gasteiger partial charge in [0.05, 0.1) is 0 Å². The molecule has 0 unspecified atom stereocenters. The van der Waals surface area contributed by atoms with Crippen molar-refractivity contribution >= 4 is 51.1 Å². The molecule has 0 amide bonds. The Kier molecular flexibility index (Phi) is 15.0. The van der Waals surface area contributed by atoms with E-state index in [0.29, 0.717) is 12.8 Å². The minimum absolute atomic E-state index is 0. The standard InChI is InChI=1S/C12H22O5S.Na.H/c13-11-9-7-5-3-1-2-4-6-8-10-12(14)18(15,16)17;;/h11H,1-10H2,(H,15,16,17);;. The quantitative estimate of drug-likeness (QED) is 0.272. The van der Waals surface area contributed by atoms with Gasteiger partial charge in [0.15, 0.2) is 0 Å². The molecule has 108 valence electrons. The molecule has 0 aromatic carbocycles. The van der Waals surface area contributed by atoms with Gasteiger partial charge >= 0.3 is 39.7 Å². The van der Waals surface area contributed by atoms with Gasteiger partial charge < -0.3 is 4.79 Å². The third-order valence-corrected chi connectivity index (χ3v) is 3.52. The van der Waals surface area contributed by atoms with Crippen LogP contribution in [-0.4, -0.2) is 53.9 Å². The Morgan fingerprint density at radius 3 is 1.74 bits per heavy atom. The molecule has 0 heterocycles. The van der Waals surface area contributed by atoms with E-state index in [0.717, 1.165) is 51.2 Å². The van der Waals surface area contributed by atoms with Gasteiger partial charge in [-0.15, -0.1) is 0 Å². The number of hydrogen-bond donors (Lipinski definition) is 1. The topological polar surface area (TPSA) is 88.5 Å². The van der Waals surface area contributed by atoms with Crippen LogP contribution in [0.5, 0.6) is 0 Å². The zero-order valence-electron chi connectivity index (χ0n) is 10.6. The second kappa shape index (κ2) is 13.2. The summed E-state index contributed by atoms with van der Waals surface area (Å²) in [6.07, 6.45) is 9.03. The first-order valence-electron chi connectivity index (χ1n) is 6.42. The molecule has 5 nitrogen and oxygen atoms in total. The summed E-state index contributed by atoms with van der Waals surface area (Å²) in [6.45, 7) is 0. The summed E-state index contributed by atoms with van der Waals surface area (Å²) in [5.74, 6) is 0. The van der Waals surface area contributed by atoms with E-state index in [4.69, 9.17) is 4.55 Å². The van der Waals surface area contributed by atoms with Crippen LogP contribution in [0, 0.1) is 0 Å². The second-order valence-electron chi connectivity index (χ2n) is 4.38. The maximum absolute atomic E-state index is 10.8. The molecule has 0 aromatic rings. The molecule has 0 rings (SSSR count). The Morgan fingerprint density at radius 1 is 0.895 bits per heavy atom. The Labute approximate surface area is 137 Å².